The minimum absolute atomic E-state index is 0.211. The Morgan fingerprint density at radius 2 is 2.00 bits per heavy atom. The number of thiocarbonyl (C=S) groups is 1. The molecule has 26 heavy (non-hydrogen) atoms. The minimum Gasteiger partial charge on any atom is -0.466 e. The zero-order chi connectivity index (χ0) is 19.3. The maximum atomic E-state index is 9.82. The van der Waals surface area contributed by atoms with Crippen molar-refractivity contribution in [2.75, 3.05) is 6.61 Å². The maximum absolute atomic E-state index is 9.82. The van der Waals surface area contributed by atoms with E-state index in [1.807, 2.05) is 12.1 Å². The highest BCUT2D eigenvalue weighted by molar-refractivity contribution is 7.80. The number of aromatic nitrogens is 1. The second-order valence-electron chi connectivity index (χ2n) is 6.55. The van der Waals surface area contributed by atoms with Gasteiger partial charge in [-0.25, -0.2) is 0 Å². The van der Waals surface area contributed by atoms with Crippen LogP contribution < -0.4 is 5.73 Å². The number of fused-ring (bicyclic) bond motifs is 1. The predicted molar refractivity (Wildman–Crippen MR) is 112 cm³/mol. The zero-order valence-electron chi connectivity index (χ0n) is 15.7. The summed E-state index contributed by atoms with van der Waals surface area (Å²) in [7, 11) is 0. The molecule has 2 aromatic rings. The van der Waals surface area contributed by atoms with Crippen LogP contribution in [0.1, 0.15) is 63.3 Å². The summed E-state index contributed by atoms with van der Waals surface area (Å²) in [5.41, 5.74) is 9.20. The lowest BCUT2D eigenvalue weighted by molar-refractivity contribution is -0.140. The standard InChI is InChI=1S/C16H19ClN2S.C4H8O2/c1-10-14(16(18)20)12-8-5-9-13(17)15(12)19(10)11-6-3-2-4-7-11;1-3-6-4(2)5/h5,8-9,11H,2-4,6-7H2,1H3,(H2,18,20);3H2,1-2H3. The third kappa shape index (κ3) is 4.57. The van der Waals surface area contributed by atoms with Gasteiger partial charge in [-0.05, 0) is 32.8 Å². The topological polar surface area (TPSA) is 57.2 Å². The van der Waals surface area contributed by atoms with E-state index in [0.29, 0.717) is 17.6 Å². The number of benzene rings is 1. The summed E-state index contributed by atoms with van der Waals surface area (Å²) in [6.45, 7) is 5.76. The van der Waals surface area contributed by atoms with E-state index < -0.39 is 0 Å². The first-order chi connectivity index (χ1) is 12.4. The highest BCUT2D eigenvalue weighted by atomic mass is 35.5. The Labute approximate surface area is 165 Å². The average molecular weight is 395 g/mol. The highest BCUT2D eigenvalue weighted by Gasteiger charge is 2.24. The number of para-hydroxylation sites is 1. The number of nitrogens with two attached hydrogens (primary N) is 1. The van der Waals surface area contributed by atoms with Gasteiger partial charge in [0.2, 0.25) is 0 Å². The Bertz CT molecular complexity index is 795. The number of nitrogens with zero attached hydrogens (tertiary/aromatic N) is 1. The molecular formula is C20H27ClN2O2S. The van der Waals surface area contributed by atoms with Crippen LogP contribution in [-0.2, 0) is 9.53 Å². The van der Waals surface area contributed by atoms with Crippen molar-refractivity contribution in [2.24, 2.45) is 5.73 Å². The van der Waals surface area contributed by atoms with Gasteiger partial charge in [-0.15, -0.1) is 0 Å². The summed E-state index contributed by atoms with van der Waals surface area (Å²) in [5.74, 6) is -0.211. The molecule has 0 atom stereocenters. The molecule has 0 amide bonds. The number of carbonyl (C=O) groups excluding carboxylic acids is 1. The van der Waals surface area contributed by atoms with Crippen molar-refractivity contribution in [1.82, 2.24) is 4.57 Å². The second-order valence-corrected chi connectivity index (χ2v) is 7.39. The molecule has 0 saturated heterocycles. The third-order valence-corrected chi connectivity index (χ3v) is 5.26. The largest absolute Gasteiger partial charge is 0.466 e. The van der Waals surface area contributed by atoms with Crippen molar-refractivity contribution in [2.45, 2.75) is 58.9 Å². The van der Waals surface area contributed by atoms with Crippen LogP contribution in [0.4, 0.5) is 0 Å². The van der Waals surface area contributed by atoms with Gasteiger partial charge in [0.25, 0.3) is 0 Å². The average Bonchev–Trinajstić information content (AvgIpc) is 2.89. The molecule has 0 unspecified atom stereocenters. The van der Waals surface area contributed by atoms with Crippen LogP contribution in [0.5, 0.6) is 0 Å². The third-order valence-electron chi connectivity index (χ3n) is 4.75. The van der Waals surface area contributed by atoms with Gasteiger partial charge in [-0.1, -0.05) is 55.2 Å². The van der Waals surface area contributed by atoms with E-state index in [1.165, 1.54) is 39.0 Å². The monoisotopic (exact) mass is 394 g/mol. The second kappa shape index (κ2) is 9.38. The summed E-state index contributed by atoms with van der Waals surface area (Å²) >= 11 is 11.7. The number of rotatable bonds is 3. The van der Waals surface area contributed by atoms with E-state index in [2.05, 4.69) is 22.3 Å². The molecular weight excluding hydrogens is 368 g/mol. The van der Waals surface area contributed by atoms with Gasteiger partial charge in [0, 0.05) is 29.6 Å². The quantitative estimate of drug-likeness (QED) is 0.566. The molecule has 2 N–H and O–H groups in total. The van der Waals surface area contributed by atoms with Crippen LogP contribution >= 0.6 is 23.8 Å². The van der Waals surface area contributed by atoms with Crippen molar-refractivity contribution >= 4 is 45.7 Å². The smallest absolute Gasteiger partial charge is 0.302 e. The van der Waals surface area contributed by atoms with Crippen molar-refractivity contribution in [1.29, 1.82) is 0 Å². The molecule has 3 rings (SSSR count). The van der Waals surface area contributed by atoms with Crippen LogP contribution in [0.2, 0.25) is 5.02 Å². The fraction of sp³-hybridized carbons (Fsp3) is 0.500. The van der Waals surface area contributed by atoms with E-state index in [9.17, 15) is 4.79 Å². The summed E-state index contributed by atoms with van der Waals surface area (Å²) in [4.78, 5) is 10.3. The molecule has 1 aliphatic carbocycles. The Morgan fingerprint density at radius 3 is 2.50 bits per heavy atom. The van der Waals surface area contributed by atoms with Crippen molar-refractivity contribution in [3.63, 3.8) is 0 Å². The van der Waals surface area contributed by atoms with Gasteiger partial charge >= 0.3 is 5.97 Å². The van der Waals surface area contributed by atoms with Crippen molar-refractivity contribution < 1.29 is 9.53 Å². The highest BCUT2D eigenvalue weighted by Crippen LogP contribution is 2.38. The molecule has 0 bridgehead atoms. The first kappa shape index (κ1) is 20.7. The van der Waals surface area contributed by atoms with Gasteiger partial charge < -0.3 is 15.0 Å². The molecule has 142 valence electrons. The normalized spacial score (nSPS) is 14.6. The molecule has 0 radical (unpaired) electrons. The number of hydrogen-bond donors (Lipinski definition) is 1. The molecule has 1 aromatic heterocycles. The van der Waals surface area contributed by atoms with Gasteiger partial charge in [0.1, 0.15) is 4.99 Å². The summed E-state index contributed by atoms with van der Waals surface area (Å²) < 4.78 is 6.78. The lowest BCUT2D eigenvalue weighted by Crippen LogP contribution is -2.16. The minimum atomic E-state index is -0.211. The fourth-order valence-electron chi connectivity index (χ4n) is 3.75. The van der Waals surface area contributed by atoms with E-state index in [1.54, 1.807) is 6.92 Å². The number of ether oxygens (including phenoxy) is 1. The van der Waals surface area contributed by atoms with E-state index >= 15 is 0 Å². The van der Waals surface area contributed by atoms with E-state index in [4.69, 9.17) is 29.6 Å². The Morgan fingerprint density at radius 1 is 1.35 bits per heavy atom. The molecule has 4 nitrogen and oxygen atoms in total. The Hall–Kier alpha value is -1.59. The number of esters is 1. The van der Waals surface area contributed by atoms with Gasteiger partial charge in [-0.2, -0.15) is 0 Å². The molecule has 1 saturated carbocycles. The van der Waals surface area contributed by atoms with Crippen LogP contribution in [0.3, 0.4) is 0 Å². The number of halogens is 1. The molecule has 1 fully saturated rings. The zero-order valence-corrected chi connectivity index (χ0v) is 17.3. The lowest BCUT2D eigenvalue weighted by Gasteiger charge is -2.26. The van der Waals surface area contributed by atoms with Crippen molar-refractivity contribution in [3.8, 4) is 0 Å². The first-order valence-corrected chi connectivity index (χ1v) is 9.89. The SMILES string of the molecule is CCOC(C)=O.Cc1c(C(N)=S)c2cccc(Cl)c2n1C1CCCCC1. The fourth-order valence-corrected chi connectivity index (χ4v) is 4.28. The number of carbonyl (C=O) groups is 1. The van der Waals surface area contributed by atoms with Crippen molar-refractivity contribution in [3.05, 3.63) is 34.5 Å². The molecule has 6 heteroatoms. The van der Waals surface area contributed by atoms with Gasteiger partial charge in [0.15, 0.2) is 0 Å². The van der Waals surface area contributed by atoms with E-state index in [-0.39, 0.29) is 5.97 Å². The Balaban J connectivity index is 0.000000352. The van der Waals surface area contributed by atoms with Crippen LogP contribution in [0, 0.1) is 6.92 Å². The Kier molecular flexibility index (Phi) is 7.47. The predicted octanol–water partition coefficient (Wildman–Crippen LogP) is 5.31. The maximum Gasteiger partial charge on any atom is 0.302 e. The van der Waals surface area contributed by atoms with Gasteiger partial charge in [0.05, 0.1) is 17.1 Å². The molecule has 1 heterocycles. The molecule has 1 aromatic carbocycles. The molecule has 1 aliphatic rings. The molecule has 0 spiro atoms. The number of hydrogen-bond acceptors (Lipinski definition) is 3. The summed E-state index contributed by atoms with van der Waals surface area (Å²) in [6, 6.07) is 6.51. The van der Waals surface area contributed by atoms with E-state index in [0.717, 1.165) is 27.2 Å². The summed E-state index contributed by atoms with van der Waals surface area (Å²) in [6.07, 6.45) is 6.34. The first-order valence-electron chi connectivity index (χ1n) is 9.10. The van der Waals surface area contributed by atoms with Crippen LogP contribution in [-0.4, -0.2) is 22.1 Å². The lowest BCUT2D eigenvalue weighted by atomic mass is 9.95. The summed E-state index contributed by atoms with van der Waals surface area (Å²) in [5, 5.41) is 1.88. The van der Waals surface area contributed by atoms with Crippen LogP contribution in [0.15, 0.2) is 18.2 Å². The van der Waals surface area contributed by atoms with Crippen LogP contribution in [0.25, 0.3) is 10.9 Å². The van der Waals surface area contributed by atoms with Gasteiger partial charge in [-0.3, -0.25) is 4.79 Å². The molecule has 0 aliphatic heterocycles.